The van der Waals surface area contributed by atoms with Crippen LogP contribution in [0.15, 0.2) is 112 Å². The van der Waals surface area contributed by atoms with Crippen LogP contribution in [0.4, 0.5) is 4.39 Å². The summed E-state index contributed by atoms with van der Waals surface area (Å²) < 4.78 is 28.7. The zero-order valence-electron chi connectivity index (χ0n) is 23.9. The molecule has 0 saturated heterocycles. The van der Waals surface area contributed by atoms with Crippen LogP contribution in [0.3, 0.4) is 0 Å². The average molecular weight is 842 g/mol. The summed E-state index contributed by atoms with van der Waals surface area (Å²) in [6.07, 6.45) is 1.84. The molecule has 0 fully saturated rings. The molecule has 6 rings (SSSR count). The van der Waals surface area contributed by atoms with Gasteiger partial charge in [-0.3, -0.25) is 9.36 Å². The van der Waals surface area contributed by atoms with Crippen molar-refractivity contribution in [1.29, 1.82) is 0 Å². The second-order valence-corrected chi connectivity index (χ2v) is 13.4. The number of carbonyl (C=O) groups excluding carboxylic acids is 1. The third-order valence-corrected chi connectivity index (χ3v) is 9.69. The lowest BCUT2D eigenvalue weighted by Crippen LogP contribution is -2.40. The molecule has 1 aliphatic rings. The van der Waals surface area contributed by atoms with E-state index in [9.17, 15) is 14.0 Å². The van der Waals surface area contributed by atoms with Crippen LogP contribution in [-0.4, -0.2) is 17.1 Å². The molecule has 10 heteroatoms. The largest absolute Gasteiger partial charge is 0.487 e. The van der Waals surface area contributed by atoms with Gasteiger partial charge in [-0.1, -0.05) is 84.1 Å². The van der Waals surface area contributed by atoms with E-state index in [-0.39, 0.29) is 18.0 Å². The molecule has 0 radical (unpaired) electrons. The van der Waals surface area contributed by atoms with Gasteiger partial charge in [0, 0.05) is 5.56 Å². The summed E-state index contributed by atoms with van der Waals surface area (Å²) in [5.41, 5.74) is 3.79. The van der Waals surface area contributed by atoms with Crippen molar-refractivity contribution < 1.29 is 18.7 Å². The first kappa shape index (κ1) is 31.4. The van der Waals surface area contributed by atoms with Crippen molar-refractivity contribution in [3.8, 4) is 5.75 Å². The molecular formula is C35H25FI2N2O4S. The van der Waals surface area contributed by atoms with Crippen molar-refractivity contribution >= 4 is 74.3 Å². The first-order valence-corrected chi connectivity index (χ1v) is 17.0. The van der Waals surface area contributed by atoms with E-state index in [1.807, 2.05) is 78.9 Å². The summed E-state index contributed by atoms with van der Waals surface area (Å²) in [7, 11) is 0. The van der Waals surface area contributed by atoms with Gasteiger partial charge in [-0.05, 0) is 99.1 Å². The highest BCUT2D eigenvalue weighted by molar-refractivity contribution is 14.1. The fourth-order valence-corrected chi connectivity index (χ4v) is 8.21. The number of ether oxygens (including phenoxy) is 2. The normalized spacial score (nSPS) is 14.6. The number of carbonyl (C=O) groups is 1. The van der Waals surface area contributed by atoms with Crippen LogP contribution in [-0.2, 0) is 16.1 Å². The zero-order chi connectivity index (χ0) is 31.5. The van der Waals surface area contributed by atoms with Crippen molar-refractivity contribution in [3.05, 3.63) is 158 Å². The van der Waals surface area contributed by atoms with Crippen molar-refractivity contribution in [1.82, 2.24) is 4.57 Å². The number of thiazole rings is 1. The third kappa shape index (κ3) is 6.68. The standard InChI is InChI=1S/C35H25FI2N2O4S/c1-2-43-34(42)29-30(23-9-5-3-6-10-23)39-35-40(31(29)24-11-7-4-8-12-24)33(41)28(45-35)19-22-17-26(37)32(27(38)18-22)44-20-21-13-15-25(36)16-14-21/h3-19,31H,2,20H2,1H3/b28-19-/t31-/m1/s1. The van der Waals surface area contributed by atoms with Gasteiger partial charge in [0.2, 0.25) is 0 Å². The Bertz CT molecular complexity index is 2070. The number of benzene rings is 4. The molecule has 1 aliphatic heterocycles. The molecule has 0 aliphatic carbocycles. The first-order chi connectivity index (χ1) is 21.8. The van der Waals surface area contributed by atoms with Gasteiger partial charge >= 0.3 is 5.97 Å². The fraction of sp³-hybridized carbons (Fsp3) is 0.114. The molecule has 6 nitrogen and oxygen atoms in total. The second-order valence-electron chi connectivity index (χ2n) is 10.1. The van der Waals surface area contributed by atoms with Gasteiger partial charge in [0.25, 0.3) is 5.56 Å². The van der Waals surface area contributed by atoms with Crippen molar-refractivity contribution in [3.63, 3.8) is 0 Å². The Kier molecular flexibility index (Phi) is 9.61. The number of aromatic nitrogens is 1. The number of fused-ring (bicyclic) bond motifs is 1. The van der Waals surface area contributed by atoms with Gasteiger partial charge in [-0.25, -0.2) is 14.2 Å². The maximum atomic E-state index is 14.1. The number of nitrogens with zero attached hydrogens (tertiary/aromatic N) is 2. The zero-order valence-corrected chi connectivity index (χ0v) is 29.0. The average Bonchev–Trinajstić information content (AvgIpc) is 3.35. The van der Waals surface area contributed by atoms with Crippen LogP contribution >= 0.6 is 56.5 Å². The summed E-state index contributed by atoms with van der Waals surface area (Å²) in [4.78, 5) is 33.1. The molecule has 5 aromatic rings. The lowest BCUT2D eigenvalue weighted by molar-refractivity contribution is -0.138. The Hall–Kier alpha value is -3.62. The molecule has 0 spiro atoms. The number of rotatable bonds is 8. The number of esters is 1. The van der Waals surface area contributed by atoms with Crippen molar-refractivity contribution in [2.75, 3.05) is 6.61 Å². The van der Waals surface area contributed by atoms with E-state index in [0.717, 1.165) is 35.1 Å². The van der Waals surface area contributed by atoms with Crippen LogP contribution < -0.4 is 19.6 Å². The molecule has 1 atom stereocenters. The van der Waals surface area contributed by atoms with Gasteiger partial charge < -0.3 is 9.47 Å². The van der Waals surface area contributed by atoms with Crippen molar-refractivity contribution in [2.45, 2.75) is 19.6 Å². The molecule has 0 N–H and O–H groups in total. The summed E-state index contributed by atoms with van der Waals surface area (Å²) in [5, 5.41) is 0. The van der Waals surface area contributed by atoms with Crippen LogP contribution in [0.25, 0.3) is 11.8 Å². The molecular weight excluding hydrogens is 817 g/mol. The van der Waals surface area contributed by atoms with E-state index in [4.69, 9.17) is 14.5 Å². The second kappa shape index (κ2) is 13.8. The van der Waals surface area contributed by atoms with E-state index in [1.54, 1.807) is 23.6 Å². The minimum absolute atomic E-state index is 0.192. The lowest BCUT2D eigenvalue weighted by atomic mass is 9.93. The summed E-state index contributed by atoms with van der Waals surface area (Å²) in [6, 6.07) is 28.4. The Morgan fingerprint density at radius 3 is 2.27 bits per heavy atom. The van der Waals surface area contributed by atoms with E-state index >= 15 is 0 Å². The number of hydrogen-bond acceptors (Lipinski definition) is 6. The third-order valence-electron chi connectivity index (χ3n) is 7.10. The van der Waals surface area contributed by atoms with Gasteiger partial charge in [0.15, 0.2) is 4.80 Å². The molecule has 4 aromatic carbocycles. The van der Waals surface area contributed by atoms with Crippen molar-refractivity contribution in [2.24, 2.45) is 4.99 Å². The van der Waals surface area contributed by atoms with E-state index in [0.29, 0.717) is 27.2 Å². The maximum Gasteiger partial charge on any atom is 0.338 e. The molecule has 0 saturated carbocycles. The lowest BCUT2D eigenvalue weighted by Gasteiger charge is -2.25. The predicted octanol–water partition coefficient (Wildman–Crippen LogP) is 6.86. The van der Waals surface area contributed by atoms with Gasteiger partial charge in [-0.2, -0.15) is 0 Å². The van der Waals surface area contributed by atoms with Crippen LogP contribution in [0.2, 0.25) is 0 Å². The summed E-state index contributed by atoms with van der Waals surface area (Å²) in [5.74, 6) is -0.0839. The van der Waals surface area contributed by atoms with E-state index < -0.39 is 12.0 Å². The van der Waals surface area contributed by atoms with E-state index in [2.05, 4.69) is 45.2 Å². The summed E-state index contributed by atoms with van der Waals surface area (Å²) >= 11 is 5.72. The smallest absolute Gasteiger partial charge is 0.338 e. The Morgan fingerprint density at radius 1 is 0.978 bits per heavy atom. The van der Waals surface area contributed by atoms with Gasteiger partial charge in [0.05, 0.1) is 35.6 Å². The quantitative estimate of drug-likeness (QED) is 0.127. The van der Waals surface area contributed by atoms with Gasteiger partial charge in [-0.15, -0.1) is 0 Å². The molecule has 226 valence electrons. The molecule has 0 bridgehead atoms. The van der Waals surface area contributed by atoms with Crippen LogP contribution in [0.1, 0.15) is 35.2 Å². The predicted molar refractivity (Wildman–Crippen MR) is 190 cm³/mol. The highest BCUT2D eigenvalue weighted by Gasteiger charge is 2.35. The monoisotopic (exact) mass is 842 g/mol. The van der Waals surface area contributed by atoms with Crippen LogP contribution in [0.5, 0.6) is 5.75 Å². The topological polar surface area (TPSA) is 69.9 Å². The first-order valence-electron chi connectivity index (χ1n) is 14.0. The SMILES string of the molecule is CCOC(=O)C1=C(c2ccccc2)N=c2s/c(=C\c3cc(I)c(OCc4ccc(F)cc4)c(I)c3)c(=O)n2[C@@H]1c1ccccc1. The minimum Gasteiger partial charge on any atom is -0.487 e. The highest BCUT2D eigenvalue weighted by Crippen LogP contribution is 2.35. The van der Waals surface area contributed by atoms with E-state index in [1.165, 1.54) is 23.5 Å². The maximum absolute atomic E-state index is 14.1. The highest BCUT2D eigenvalue weighted by atomic mass is 127. The Balaban J connectivity index is 1.46. The minimum atomic E-state index is -0.721. The number of hydrogen-bond donors (Lipinski definition) is 0. The van der Waals surface area contributed by atoms with Crippen LogP contribution in [0, 0.1) is 13.0 Å². The molecule has 2 heterocycles. The number of halogens is 3. The summed E-state index contributed by atoms with van der Waals surface area (Å²) in [6.45, 7) is 2.25. The molecule has 1 aromatic heterocycles. The fourth-order valence-electron chi connectivity index (χ4n) is 5.08. The Morgan fingerprint density at radius 2 is 1.62 bits per heavy atom. The van der Waals surface area contributed by atoms with Gasteiger partial charge in [0.1, 0.15) is 18.2 Å². The molecule has 0 unspecified atom stereocenters. The Labute approximate surface area is 289 Å². The molecule has 45 heavy (non-hydrogen) atoms. The molecule has 0 amide bonds.